The smallest absolute Gasteiger partial charge is 0.323 e. The fourth-order valence-corrected chi connectivity index (χ4v) is 2.15. The van der Waals surface area contributed by atoms with Crippen LogP contribution in [0.3, 0.4) is 0 Å². The van der Waals surface area contributed by atoms with Crippen molar-refractivity contribution in [1.82, 2.24) is 19.9 Å². The molecule has 0 aliphatic carbocycles. The summed E-state index contributed by atoms with van der Waals surface area (Å²) < 4.78 is 0. The number of thiol groups is 1. The van der Waals surface area contributed by atoms with Crippen LogP contribution in [0.15, 0.2) is 29.2 Å². The lowest BCUT2D eigenvalue weighted by atomic mass is 10.1. The van der Waals surface area contributed by atoms with E-state index in [2.05, 4.69) is 32.6 Å². The Bertz CT molecular complexity index is 740. The predicted molar refractivity (Wildman–Crippen MR) is 74.1 cm³/mol. The SMILES string of the molecule is O=c1[nH]c2ccc(-c3cnc(CCS)[nH]3)cc2[nH]1. The molecule has 0 aliphatic rings. The second-order valence-electron chi connectivity index (χ2n) is 4.06. The molecule has 0 saturated carbocycles. The van der Waals surface area contributed by atoms with Crippen molar-refractivity contribution in [2.45, 2.75) is 6.42 Å². The highest BCUT2D eigenvalue weighted by Crippen LogP contribution is 2.20. The molecular formula is C12H12N4OS. The Balaban J connectivity index is 2.04. The first kappa shape index (κ1) is 11.2. The minimum Gasteiger partial charge on any atom is -0.342 e. The summed E-state index contributed by atoms with van der Waals surface area (Å²) in [6, 6.07) is 5.75. The molecule has 0 unspecified atom stereocenters. The highest BCUT2D eigenvalue weighted by atomic mass is 32.1. The Morgan fingerprint density at radius 3 is 2.83 bits per heavy atom. The molecule has 2 aromatic heterocycles. The van der Waals surface area contributed by atoms with Gasteiger partial charge in [-0.15, -0.1) is 0 Å². The number of imidazole rings is 2. The largest absolute Gasteiger partial charge is 0.342 e. The van der Waals surface area contributed by atoms with Gasteiger partial charge >= 0.3 is 5.69 Å². The van der Waals surface area contributed by atoms with E-state index in [1.54, 1.807) is 6.20 Å². The Labute approximate surface area is 108 Å². The molecule has 0 amide bonds. The van der Waals surface area contributed by atoms with Crippen LogP contribution in [0.1, 0.15) is 5.82 Å². The van der Waals surface area contributed by atoms with Crippen LogP contribution in [0.5, 0.6) is 0 Å². The zero-order valence-electron chi connectivity index (χ0n) is 9.53. The minimum absolute atomic E-state index is 0.192. The van der Waals surface area contributed by atoms with Gasteiger partial charge in [-0.05, 0) is 17.9 Å². The van der Waals surface area contributed by atoms with Crippen LogP contribution in [0.4, 0.5) is 0 Å². The highest BCUT2D eigenvalue weighted by molar-refractivity contribution is 7.80. The number of nitrogens with zero attached hydrogens (tertiary/aromatic N) is 1. The summed E-state index contributed by atoms with van der Waals surface area (Å²) in [4.78, 5) is 24.2. The highest BCUT2D eigenvalue weighted by Gasteiger charge is 2.05. The van der Waals surface area contributed by atoms with E-state index < -0.39 is 0 Å². The number of aryl methyl sites for hydroxylation is 1. The van der Waals surface area contributed by atoms with Gasteiger partial charge in [0.2, 0.25) is 0 Å². The maximum Gasteiger partial charge on any atom is 0.323 e. The van der Waals surface area contributed by atoms with Gasteiger partial charge in [-0.1, -0.05) is 6.07 Å². The van der Waals surface area contributed by atoms with Gasteiger partial charge in [-0.3, -0.25) is 0 Å². The fourth-order valence-electron chi connectivity index (χ4n) is 1.94. The van der Waals surface area contributed by atoms with E-state index in [9.17, 15) is 4.79 Å². The van der Waals surface area contributed by atoms with Crippen molar-refractivity contribution in [3.63, 3.8) is 0 Å². The van der Waals surface area contributed by atoms with E-state index in [0.717, 1.165) is 40.3 Å². The lowest BCUT2D eigenvalue weighted by Gasteiger charge is -1.97. The number of H-pyrrole nitrogens is 3. The Kier molecular flexibility index (Phi) is 2.71. The first-order chi connectivity index (χ1) is 8.76. The third-order valence-corrected chi connectivity index (χ3v) is 3.03. The van der Waals surface area contributed by atoms with Crippen LogP contribution in [-0.4, -0.2) is 25.7 Å². The maximum absolute atomic E-state index is 11.2. The number of fused-ring (bicyclic) bond motifs is 1. The van der Waals surface area contributed by atoms with Crippen molar-refractivity contribution in [2.24, 2.45) is 0 Å². The van der Waals surface area contributed by atoms with Gasteiger partial charge in [0.1, 0.15) is 5.82 Å². The second kappa shape index (κ2) is 4.38. The number of benzene rings is 1. The van der Waals surface area contributed by atoms with E-state index in [1.807, 2.05) is 18.2 Å². The number of nitrogens with one attached hydrogen (secondary N) is 3. The van der Waals surface area contributed by atoms with Crippen LogP contribution in [0.25, 0.3) is 22.3 Å². The summed E-state index contributed by atoms with van der Waals surface area (Å²) in [6.45, 7) is 0. The molecule has 0 atom stereocenters. The molecule has 18 heavy (non-hydrogen) atoms. The van der Waals surface area contributed by atoms with E-state index in [0.29, 0.717) is 0 Å². The molecule has 3 N–H and O–H groups in total. The summed E-state index contributed by atoms with van der Waals surface area (Å²) in [5.74, 6) is 1.68. The average Bonchev–Trinajstić information content (AvgIpc) is 2.93. The van der Waals surface area contributed by atoms with Gasteiger partial charge in [0.25, 0.3) is 0 Å². The molecule has 3 aromatic rings. The molecule has 1 aromatic carbocycles. The van der Waals surface area contributed by atoms with Gasteiger partial charge in [0.15, 0.2) is 0 Å². The molecule has 5 nitrogen and oxygen atoms in total. The second-order valence-corrected chi connectivity index (χ2v) is 4.50. The summed E-state index contributed by atoms with van der Waals surface area (Å²) in [5.41, 5.74) is 3.34. The summed E-state index contributed by atoms with van der Waals surface area (Å²) in [7, 11) is 0. The third-order valence-electron chi connectivity index (χ3n) is 2.80. The first-order valence-electron chi connectivity index (χ1n) is 5.63. The fraction of sp³-hybridized carbons (Fsp3) is 0.167. The van der Waals surface area contributed by atoms with Crippen molar-refractivity contribution in [3.8, 4) is 11.3 Å². The number of hydrogen-bond acceptors (Lipinski definition) is 3. The molecule has 0 spiro atoms. The average molecular weight is 260 g/mol. The lowest BCUT2D eigenvalue weighted by Crippen LogP contribution is -1.99. The summed E-state index contributed by atoms with van der Waals surface area (Å²) >= 11 is 4.18. The number of aromatic nitrogens is 4. The standard InChI is InChI=1S/C12H12N4OS/c17-12-15-8-2-1-7(5-9(8)16-12)10-6-13-11(14-10)3-4-18/h1-2,5-6,18H,3-4H2,(H,13,14)(H2,15,16,17). The van der Waals surface area contributed by atoms with Crippen molar-refractivity contribution in [2.75, 3.05) is 5.75 Å². The zero-order valence-corrected chi connectivity index (χ0v) is 10.4. The molecule has 2 heterocycles. The first-order valence-corrected chi connectivity index (χ1v) is 6.26. The van der Waals surface area contributed by atoms with Crippen molar-refractivity contribution in [1.29, 1.82) is 0 Å². The minimum atomic E-state index is -0.192. The number of aromatic amines is 3. The van der Waals surface area contributed by atoms with Crippen LogP contribution < -0.4 is 5.69 Å². The maximum atomic E-state index is 11.2. The Morgan fingerprint density at radius 2 is 2.00 bits per heavy atom. The molecule has 0 saturated heterocycles. The van der Waals surface area contributed by atoms with E-state index in [-0.39, 0.29) is 5.69 Å². The number of rotatable bonds is 3. The molecule has 0 bridgehead atoms. The van der Waals surface area contributed by atoms with Crippen LogP contribution in [-0.2, 0) is 6.42 Å². The van der Waals surface area contributed by atoms with Gasteiger partial charge in [0, 0.05) is 12.0 Å². The normalized spacial score (nSPS) is 11.2. The molecule has 0 radical (unpaired) electrons. The molecule has 6 heteroatoms. The van der Waals surface area contributed by atoms with Crippen LogP contribution >= 0.6 is 12.6 Å². The van der Waals surface area contributed by atoms with E-state index >= 15 is 0 Å². The predicted octanol–water partition coefficient (Wildman–Crippen LogP) is 1.72. The molecule has 0 aliphatic heterocycles. The van der Waals surface area contributed by atoms with Crippen molar-refractivity contribution < 1.29 is 0 Å². The monoisotopic (exact) mass is 260 g/mol. The van der Waals surface area contributed by atoms with Crippen LogP contribution in [0, 0.1) is 0 Å². The third kappa shape index (κ3) is 1.95. The molecule has 3 rings (SSSR count). The van der Waals surface area contributed by atoms with Crippen LogP contribution in [0.2, 0.25) is 0 Å². The van der Waals surface area contributed by atoms with Gasteiger partial charge in [-0.25, -0.2) is 9.78 Å². The van der Waals surface area contributed by atoms with Gasteiger partial charge < -0.3 is 15.0 Å². The van der Waals surface area contributed by atoms with E-state index in [1.165, 1.54) is 0 Å². The Morgan fingerprint density at radius 1 is 1.17 bits per heavy atom. The van der Waals surface area contributed by atoms with Crippen molar-refractivity contribution in [3.05, 3.63) is 40.7 Å². The van der Waals surface area contributed by atoms with E-state index in [4.69, 9.17) is 0 Å². The molecule has 0 fully saturated rings. The molecule has 92 valence electrons. The van der Waals surface area contributed by atoms with Gasteiger partial charge in [-0.2, -0.15) is 12.6 Å². The summed E-state index contributed by atoms with van der Waals surface area (Å²) in [5, 5.41) is 0. The zero-order chi connectivity index (χ0) is 12.5. The topological polar surface area (TPSA) is 77.3 Å². The van der Waals surface area contributed by atoms with Gasteiger partial charge in [0.05, 0.1) is 22.9 Å². The Hall–Kier alpha value is -1.95. The quantitative estimate of drug-likeness (QED) is 0.541. The molecular weight excluding hydrogens is 248 g/mol. The lowest BCUT2D eigenvalue weighted by molar-refractivity contribution is 1.00. The summed E-state index contributed by atoms with van der Waals surface area (Å²) in [6.07, 6.45) is 2.61. The number of hydrogen-bond donors (Lipinski definition) is 4. The van der Waals surface area contributed by atoms with Crippen molar-refractivity contribution >= 4 is 23.7 Å².